The fourth-order valence-corrected chi connectivity index (χ4v) is 7.25. The van der Waals surface area contributed by atoms with E-state index in [1.807, 2.05) is 40.5 Å². The van der Waals surface area contributed by atoms with E-state index in [0.29, 0.717) is 6.54 Å². The molecule has 3 aromatic heterocycles. The quantitative estimate of drug-likeness (QED) is 0.362. The van der Waals surface area contributed by atoms with Crippen molar-refractivity contribution in [3.05, 3.63) is 86.7 Å². The van der Waals surface area contributed by atoms with Crippen LogP contribution in [0.5, 0.6) is 5.75 Å². The van der Waals surface area contributed by atoms with E-state index >= 15 is 0 Å². The molecule has 0 spiro atoms. The Kier molecular flexibility index (Phi) is 5.23. The molecule has 0 unspecified atom stereocenters. The maximum absolute atomic E-state index is 13.8. The van der Waals surface area contributed by atoms with Gasteiger partial charge in [0, 0.05) is 27.2 Å². The highest BCUT2D eigenvalue weighted by Crippen LogP contribution is 2.44. The number of benzene rings is 1. The lowest BCUT2D eigenvalue weighted by Gasteiger charge is -2.30. The molecule has 0 radical (unpaired) electrons. The van der Waals surface area contributed by atoms with Gasteiger partial charge in [0.05, 0.1) is 19.3 Å². The first-order valence-electron chi connectivity index (χ1n) is 11.3. The lowest BCUT2D eigenvalue weighted by Crippen LogP contribution is -2.37. The number of amides is 2. The van der Waals surface area contributed by atoms with Crippen LogP contribution >= 0.6 is 22.7 Å². The maximum Gasteiger partial charge on any atom is 0.323 e. The Bertz CT molecular complexity index is 1290. The second-order valence-electron chi connectivity index (χ2n) is 8.50. The van der Waals surface area contributed by atoms with E-state index in [1.54, 1.807) is 18.4 Å². The van der Waals surface area contributed by atoms with E-state index in [4.69, 9.17) is 4.74 Å². The van der Waals surface area contributed by atoms with Crippen molar-refractivity contribution in [3.63, 3.8) is 0 Å². The largest absolute Gasteiger partial charge is 0.497 e. The number of aromatic nitrogens is 1. The smallest absolute Gasteiger partial charge is 0.323 e. The molecule has 4 aromatic rings. The predicted octanol–water partition coefficient (Wildman–Crippen LogP) is 6.62. The third-order valence-corrected chi connectivity index (χ3v) is 8.85. The minimum absolute atomic E-state index is 0.0880. The van der Waals surface area contributed by atoms with Gasteiger partial charge in [0.15, 0.2) is 0 Å². The van der Waals surface area contributed by atoms with Crippen LogP contribution in [0.2, 0.25) is 0 Å². The standard InChI is InChI=1S/C26H25N3O2S2/c1-31-18-12-10-17(11-13-18)27-26(30)29-16-20-19-6-2-3-8-22(19)33-25(20)28-14-4-7-21(28)24(29)23-9-5-15-32-23/h4-5,7,9-15,24H,2-3,6,8,16H2,1H3,(H,27,30)/t24-/m1/s1. The Morgan fingerprint density at radius 1 is 1.06 bits per heavy atom. The first-order chi connectivity index (χ1) is 16.2. The fraction of sp³-hybridized carbons (Fsp3) is 0.269. The number of carbonyl (C=O) groups excluding carboxylic acids is 1. The number of urea groups is 1. The lowest BCUT2D eigenvalue weighted by molar-refractivity contribution is 0.195. The van der Waals surface area contributed by atoms with Gasteiger partial charge in [-0.25, -0.2) is 4.79 Å². The fourth-order valence-electron chi connectivity index (χ4n) is 5.00. The van der Waals surface area contributed by atoms with Crippen molar-refractivity contribution >= 4 is 34.4 Å². The first-order valence-corrected chi connectivity index (χ1v) is 13.0. The number of ether oxygens (including phenoxy) is 1. The van der Waals surface area contributed by atoms with Gasteiger partial charge in [0.25, 0.3) is 0 Å². The van der Waals surface area contributed by atoms with E-state index in [2.05, 4.69) is 45.7 Å². The van der Waals surface area contributed by atoms with Gasteiger partial charge in [-0.3, -0.25) is 0 Å². The van der Waals surface area contributed by atoms with E-state index in [1.165, 1.54) is 38.7 Å². The van der Waals surface area contributed by atoms with Gasteiger partial charge < -0.3 is 19.5 Å². The monoisotopic (exact) mass is 475 g/mol. The molecule has 168 valence electrons. The van der Waals surface area contributed by atoms with Crippen molar-refractivity contribution < 1.29 is 9.53 Å². The van der Waals surface area contributed by atoms with Crippen LogP contribution in [0.15, 0.2) is 60.1 Å². The number of aryl methyl sites for hydroxylation is 1. The van der Waals surface area contributed by atoms with E-state index < -0.39 is 0 Å². The third kappa shape index (κ3) is 3.56. The highest BCUT2D eigenvalue weighted by molar-refractivity contribution is 7.15. The van der Waals surface area contributed by atoms with Crippen LogP contribution in [-0.2, 0) is 19.4 Å². The molecule has 1 aliphatic heterocycles. The van der Waals surface area contributed by atoms with Crippen LogP contribution in [0.1, 0.15) is 45.5 Å². The highest BCUT2D eigenvalue weighted by Gasteiger charge is 2.36. The first kappa shape index (κ1) is 20.6. The van der Waals surface area contributed by atoms with Crippen molar-refractivity contribution in [2.45, 2.75) is 38.3 Å². The Hall–Kier alpha value is -3.03. The van der Waals surface area contributed by atoms with Crippen molar-refractivity contribution in [1.29, 1.82) is 0 Å². The molecule has 0 saturated heterocycles. The zero-order valence-electron chi connectivity index (χ0n) is 18.4. The minimum atomic E-state index is -0.142. The summed E-state index contributed by atoms with van der Waals surface area (Å²) in [5, 5.41) is 6.51. The summed E-state index contributed by atoms with van der Waals surface area (Å²) in [7, 11) is 1.64. The second-order valence-corrected chi connectivity index (χ2v) is 10.6. The van der Waals surface area contributed by atoms with Crippen LogP contribution in [0.3, 0.4) is 0 Å². The highest BCUT2D eigenvalue weighted by atomic mass is 32.1. The molecule has 1 atom stereocenters. The second kappa shape index (κ2) is 8.39. The zero-order chi connectivity index (χ0) is 22.4. The summed E-state index contributed by atoms with van der Waals surface area (Å²) in [5.41, 5.74) is 4.68. The van der Waals surface area contributed by atoms with Gasteiger partial charge in [-0.1, -0.05) is 6.07 Å². The Labute approximate surface area is 201 Å². The summed E-state index contributed by atoms with van der Waals surface area (Å²) in [4.78, 5) is 18.5. The van der Waals surface area contributed by atoms with Crippen LogP contribution in [0.25, 0.3) is 5.00 Å². The molecule has 7 heteroatoms. The Balaban J connectivity index is 1.45. The van der Waals surface area contributed by atoms with Crippen LogP contribution in [0, 0.1) is 0 Å². The summed E-state index contributed by atoms with van der Waals surface area (Å²) in [6.07, 6.45) is 6.89. The summed E-state index contributed by atoms with van der Waals surface area (Å²) < 4.78 is 7.59. The van der Waals surface area contributed by atoms with E-state index in [-0.39, 0.29) is 12.1 Å². The third-order valence-electron chi connectivity index (χ3n) is 6.59. The molecule has 1 aliphatic carbocycles. The van der Waals surface area contributed by atoms with Crippen molar-refractivity contribution in [1.82, 2.24) is 9.47 Å². The van der Waals surface area contributed by atoms with Gasteiger partial charge in [0.2, 0.25) is 0 Å². The molecule has 2 aliphatic rings. The van der Waals surface area contributed by atoms with Gasteiger partial charge in [-0.15, -0.1) is 22.7 Å². The van der Waals surface area contributed by atoms with Gasteiger partial charge in [-0.2, -0.15) is 0 Å². The van der Waals surface area contributed by atoms with Gasteiger partial charge in [0.1, 0.15) is 16.8 Å². The number of carbonyl (C=O) groups is 1. The zero-order valence-corrected chi connectivity index (χ0v) is 20.0. The molecule has 4 heterocycles. The normalized spacial score (nSPS) is 17.0. The topological polar surface area (TPSA) is 46.5 Å². The number of hydrogen-bond acceptors (Lipinski definition) is 4. The van der Waals surface area contributed by atoms with Gasteiger partial charge >= 0.3 is 6.03 Å². The van der Waals surface area contributed by atoms with Crippen LogP contribution in [0.4, 0.5) is 10.5 Å². The molecule has 0 saturated carbocycles. The predicted molar refractivity (Wildman–Crippen MR) is 134 cm³/mol. The molecule has 5 nitrogen and oxygen atoms in total. The number of fused-ring (bicyclic) bond motifs is 5. The maximum atomic E-state index is 13.8. The van der Waals surface area contributed by atoms with Crippen molar-refractivity contribution in [2.75, 3.05) is 12.4 Å². The molecule has 6 rings (SSSR count). The lowest BCUT2D eigenvalue weighted by atomic mass is 9.95. The van der Waals surface area contributed by atoms with Crippen LogP contribution < -0.4 is 10.1 Å². The van der Waals surface area contributed by atoms with Crippen molar-refractivity contribution in [3.8, 4) is 10.8 Å². The molecule has 1 N–H and O–H groups in total. The number of nitrogens with zero attached hydrogens (tertiary/aromatic N) is 2. The average molecular weight is 476 g/mol. The number of anilines is 1. The minimum Gasteiger partial charge on any atom is -0.497 e. The molecule has 33 heavy (non-hydrogen) atoms. The Morgan fingerprint density at radius 2 is 1.91 bits per heavy atom. The summed E-state index contributed by atoms with van der Waals surface area (Å²) >= 11 is 3.61. The molecule has 0 bridgehead atoms. The number of hydrogen-bond donors (Lipinski definition) is 1. The summed E-state index contributed by atoms with van der Waals surface area (Å²) in [5.74, 6) is 0.770. The molecule has 1 aromatic carbocycles. The SMILES string of the molecule is COc1ccc(NC(=O)N2Cc3c(sc4c3CCCC4)-n3cccc3[C@@H]2c2cccs2)cc1. The number of rotatable bonds is 3. The molecule has 0 fully saturated rings. The Morgan fingerprint density at radius 3 is 2.70 bits per heavy atom. The average Bonchev–Trinajstić information content (AvgIpc) is 3.59. The van der Waals surface area contributed by atoms with Gasteiger partial charge in [-0.05, 0) is 79.1 Å². The summed E-state index contributed by atoms with van der Waals surface area (Å²) in [6, 6.07) is 15.7. The molecular formula is C26H25N3O2S2. The number of methoxy groups -OCH3 is 1. The molecule has 2 amide bonds. The van der Waals surface area contributed by atoms with E-state index in [0.717, 1.165) is 30.0 Å². The number of nitrogens with one attached hydrogen (secondary N) is 1. The summed E-state index contributed by atoms with van der Waals surface area (Å²) in [6.45, 7) is 0.605. The number of thiophene rings is 2. The molecular weight excluding hydrogens is 450 g/mol. The van der Waals surface area contributed by atoms with E-state index in [9.17, 15) is 4.79 Å². The van der Waals surface area contributed by atoms with Crippen LogP contribution in [-0.4, -0.2) is 22.6 Å². The van der Waals surface area contributed by atoms with Crippen molar-refractivity contribution in [2.24, 2.45) is 0 Å².